The molecule has 0 spiro atoms. The molecular weight excluding hydrogens is 322 g/mol. The van der Waals surface area contributed by atoms with Crippen LogP contribution in [0.15, 0.2) is 72.8 Å². The molecule has 2 aromatic rings. The Balaban J connectivity index is 1.58. The maximum atomic E-state index is 9.94. The molecule has 2 aliphatic rings. The molecule has 1 saturated heterocycles. The second-order valence-electron chi connectivity index (χ2n) is 7.49. The average Bonchev–Trinajstić information content (AvgIpc) is 3.30. The first-order chi connectivity index (χ1) is 12.8. The van der Waals surface area contributed by atoms with Crippen molar-refractivity contribution in [3.8, 4) is 0 Å². The van der Waals surface area contributed by atoms with Gasteiger partial charge in [0, 0.05) is 37.6 Å². The number of hydrogen-bond acceptors (Lipinski definition) is 3. The summed E-state index contributed by atoms with van der Waals surface area (Å²) in [5.41, 5.74) is 2.63. The third-order valence-electron chi connectivity index (χ3n) is 5.90. The van der Waals surface area contributed by atoms with Crippen molar-refractivity contribution in [3.05, 3.63) is 83.9 Å². The summed E-state index contributed by atoms with van der Waals surface area (Å²) >= 11 is 0. The summed E-state index contributed by atoms with van der Waals surface area (Å²) in [6, 6.07) is 21.6. The van der Waals surface area contributed by atoms with E-state index in [9.17, 15) is 5.11 Å². The maximum Gasteiger partial charge on any atom is 0.0819 e. The highest BCUT2D eigenvalue weighted by Crippen LogP contribution is 2.42. The van der Waals surface area contributed by atoms with Crippen LogP contribution in [0.4, 0.5) is 0 Å². The lowest BCUT2D eigenvalue weighted by Gasteiger charge is -2.37. The van der Waals surface area contributed by atoms with Crippen molar-refractivity contribution in [2.75, 3.05) is 6.61 Å². The predicted molar refractivity (Wildman–Crippen MR) is 103 cm³/mol. The van der Waals surface area contributed by atoms with E-state index in [-0.39, 0.29) is 24.7 Å². The van der Waals surface area contributed by atoms with Gasteiger partial charge in [-0.15, -0.1) is 0 Å². The van der Waals surface area contributed by atoms with Crippen LogP contribution in [-0.4, -0.2) is 34.9 Å². The first-order valence-electron chi connectivity index (χ1n) is 9.53. The van der Waals surface area contributed by atoms with Crippen molar-refractivity contribution in [1.82, 2.24) is 4.90 Å². The topological polar surface area (TPSA) is 32.7 Å². The van der Waals surface area contributed by atoms with Gasteiger partial charge in [-0.1, -0.05) is 72.8 Å². The number of hydrogen-bond donors (Lipinski definition) is 1. The van der Waals surface area contributed by atoms with Crippen LogP contribution in [0.3, 0.4) is 0 Å². The van der Waals surface area contributed by atoms with E-state index in [2.05, 4.69) is 84.6 Å². The van der Waals surface area contributed by atoms with E-state index in [1.807, 2.05) is 0 Å². The van der Waals surface area contributed by atoms with Crippen molar-refractivity contribution in [2.45, 2.75) is 38.3 Å². The van der Waals surface area contributed by atoms with Gasteiger partial charge in [-0.3, -0.25) is 4.90 Å². The van der Waals surface area contributed by atoms with Gasteiger partial charge in [0.05, 0.1) is 12.2 Å². The second-order valence-corrected chi connectivity index (χ2v) is 7.49. The lowest BCUT2D eigenvalue weighted by molar-refractivity contribution is 0.0723. The van der Waals surface area contributed by atoms with E-state index < -0.39 is 0 Å². The van der Waals surface area contributed by atoms with Crippen LogP contribution < -0.4 is 0 Å². The van der Waals surface area contributed by atoms with Gasteiger partial charge < -0.3 is 9.84 Å². The molecule has 2 heterocycles. The number of ether oxygens (including phenoxy) is 1. The third kappa shape index (κ3) is 3.48. The van der Waals surface area contributed by atoms with Gasteiger partial charge in [-0.05, 0) is 18.1 Å². The number of benzene rings is 2. The molecule has 5 atom stereocenters. The predicted octanol–water partition coefficient (Wildman–Crippen LogP) is 3.64. The molecule has 0 saturated carbocycles. The molecule has 0 unspecified atom stereocenters. The number of fused-ring (bicyclic) bond motifs is 2. The fourth-order valence-corrected chi connectivity index (χ4v) is 4.50. The summed E-state index contributed by atoms with van der Waals surface area (Å²) in [4.78, 5) is 2.52. The molecular formula is C23H27NO2. The van der Waals surface area contributed by atoms with Crippen LogP contribution in [0.2, 0.25) is 0 Å². The monoisotopic (exact) mass is 349 g/mol. The molecule has 26 heavy (non-hydrogen) atoms. The first-order valence-corrected chi connectivity index (χ1v) is 9.53. The van der Waals surface area contributed by atoms with Gasteiger partial charge in [0.1, 0.15) is 0 Å². The lowest BCUT2D eigenvalue weighted by atomic mass is 9.78. The fourth-order valence-electron chi connectivity index (χ4n) is 4.50. The number of rotatable bonds is 7. The highest BCUT2D eigenvalue weighted by atomic mass is 16.5. The fraction of sp³-hybridized carbons (Fsp3) is 0.391. The molecule has 4 rings (SSSR count). The van der Waals surface area contributed by atoms with Crippen molar-refractivity contribution >= 4 is 0 Å². The number of aliphatic hydroxyl groups is 1. The standard InChI is InChI=1S/C23H27NO2/c1-17(23-20(16-25)21-12-13-22(23)26-21)24(14-18-8-4-2-5-9-18)15-19-10-6-3-7-11-19/h2-13,17,20-23,25H,14-16H2,1H3/t17-,20-,21-,22+,23-/m0/s1. The Hall–Kier alpha value is -1.94. The Morgan fingerprint density at radius 3 is 1.96 bits per heavy atom. The highest BCUT2D eigenvalue weighted by Gasteiger charge is 2.48. The van der Waals surface area contributed by atoms with E-state index in [0.717, 1.165) is 13.1 Å². The zero-order valence-corrected chi connectivity index (χ0v) is 15.2. The minimum absolute atomic E-state index is 0.0766. The van der Waals surface area contributed by atoms with Crippen LogP contribution in [0.25, 0.3) is 0 Å². The van der Waals surface area contributed by atoms with Gasteiger partial charge in [-0.2, -0.15) is 0 Å². The molecule has 136 valence electrons. The summed E-state index contributed by atoms with van der Waals surface area (Å²) in [5.74, 6) is 0.511. The van der Waals surface area contributed by atoms with Crippen molar-refractivity contribution < 1.29 is 9.84 Å². The Kier molecular flexibility index (Phi) is 5.21. The van der Waals surface area contributed by atoms with Crippen LogP contribution in [-0.2, 0) is 17.8 Å². The Morgan fingerprint density at radius 2 is 1.42 bits per heavy atom. The molecule has 1 fully saturated rings. The summed E-state index contributed by atoms with van der Waals surface area (Å²) in [6.07, 6.45) is 4.50. The molecule has 1 N–H and O–H groups in total. The van der Waals surface area contributed by atoms with Crippen LogP contribution in [0.1, 0.15) is 18.1 Å². The maximum absolute atomic E-state index is 9.94. The molecule has 0 aliphatic carbocycles. The normalized spacial score (nSPS) is 28.0. The van der Waals surface area contributed by atoms with Gasteiger partial charge >= 0.3 is 0 Å². The Labute approximate surface area is 155 Å². The first kappa shape index (κ1) is 17.5. The van der Waals surface area contributed by atoms with Crippen molar-refractivity contribution in [2.24, 2.45) is 11.8 Å². The van der Waals surface area contributed by atoms with E-state index in [1.165, 1.54) is 11.1 Å². The van der Waals surface area contributed by atoms with Crippen LogP contribution >= 0.6 is 0 Å². The van der Waals surface area contributed by atoms with Gasteiger partial charge in [0.15, 0.2) is 0 Å². The van der Waals surface area contributed by atoms with E-state index in [1.54, 1.807) is 0 Å². The average molecular weight is 349 g/mol. The Bertz CT molecular complexity index is 689. The lowest BCUT2D eigenvalue weighted by Crippen LogP contribution is -2.45. The molecule has 0 amide bonds. The molecule has 3 nitrogen and oxygen atoms in total. The summed E-state index contributed by atoms with van der Waals surface area (Å²) in [6.45, 7) is 4.27. The van der Waals surface area contributed by atoms with Gasteiger partial charge in [-0.25, -0.2) is 0 Å². The smallest absolute Gasteiger partial charge is 0.0819 e. The molecule has 0 aromatic heterocycles. The largest absolute Gasteiger partial charge is 0.396 e. The summed E-state index contributed by atoms with van der Waals surface area (Å²) < 4.78 is 6.06. The van der Waals surface area contributed by atoms with Crippen molar-refractivity contribution in [1.29, 1.82) is 0 Å². The molecule has 3 heteroatoms. The van der Waals surface area contributed by atoms with Gasteiger partial charge in [0.25, 0.3) is 0 Å². The van der Waals surface area contributed by atoms with Crippen LogP contribution in [0, 0.1) is 11.8 Å². The molecule has 2 aromatic carbocycles. The van der Waals surface area contributed by atoms with E-state index in [0.29, 0.717) is 12.0 Å². The number of aliphatic hydroxyl groups excluding tert-OH is 1. The van der Waals surface area contributed by atoms with E-state index in [4.69, 9.17) is 4.74 Å². The molecule has 2 aliphatic heterocycles. The van der Waals surface area contributed by atoms with Crippen LogP contribution in [0.5, 0.6) is 0 Å². The molecule has 0 radical (unpaired) electrons. The quantitative estimate of drug-likeness (QED) is 0.775. The SMILES string of the molecule is C[C@@H]([C@H]1[C@@H](CO)[C@@H]2C=C[C@H]1O2)N(Cc1ccccc1)Cc1ccccc1. The minimum Gasteiger partial charge on any atom is -0.396 e. The number of nitrogens with zero attached hydrogens (tertiary/aromatic N) is 1. The zero-order valence-electron chi connectivity index (χ0n) is 15.2. The minimum atomic E-state index is 0.0766. The van der Waals surface area contributed by atoms with Gasteiger partial charge in [0.2, 0.25) is 0 Å². The molecule has 2 bridgehead atoms. The van der Waals surface area contributed by atoms with E-state index >= 15 is 0 Å². The zero-order chi connectivity index (χ0) is 17.9. The third-order valence-corrected chi connectivity index (χ3v) is 5.90. The summed E-state index contributed by atoms with van der Waals surface area (Å²) in [7, 11) is 0. The van der Waals surface area contributed by atoms with Crippen molar-refractivity contribution in [3.63, 3.8) is 0 Å². The highest BCUT2D eigenvalue weighted by molar-refractivity contribution is 5.20. The Morgan fingerprint density at radius 1 is 0.885 bits per heavy atom. The summed E-state index contributed by atoms with van der Waals surface area (Å²) in [5, 5.41) is 9.94. The second kappa shape index (κ2) is 7.75.